The van der Waals surface area contributed by atoms with Crippen molar-refractivity contribution in [1.29, 1.82) is 0 Å². The largest absolute Gasteiger partial charge is 0.257 e. The number of hydrazone groups is 1. The van der Waals surface area contributed by atoms with E-state index >= 15 is 0 Å². The van der Waals surface area contributed by atoms with Crippen LogP contribution in [0.4, 0.5) is 11.4 Å². The zero-order valence-corrected chi connectivity index (χ0v) is 19.9. The lowest BCUT2D eigenvalue weighted by molar-refractivity contribution is 0.709. The zero-order chi connectivity index (χ0) is 23.5. The van der Waals surface area contributed by atoms with Crippen LogP contribution in [0.1, 0.15) is 45.8 Å². The maximum Gasteiger partial charge on any atom is 0.0831 e. The van der Waals surface area contributed by atoms with Gasteiger partial charge < -0.3 is 0 Å². The number of benzene rings is 4. The van der Waals surface area contributed by atoms with Crippen molar-refractivity contribution in [2.45, 2.75) is 33.2 Å². The van der Waals surface area contributed by atoms with Crippen LogP contribution in [0.2, 0.25) is 0 Å². The molecule has 3 heteroatoms. The minimum atomic E-state index is 0.175. The Morgan fingerprint density at radius 2 is 1.41 bits per heavy atom. The molecular weight excluding hydrogens is 414 g/mol. The van der Waals surface area contributed by atoms with E-state index < -0.39 is 0 Å². The van der Waals surface area contributed by atoms with E-state index in [1.165, 1.54) is 27.8 Å². The monoisotopic (exact) mass is 443 g/mol. The lowest BCUT2D eigenvalue weighted by atomic mass is 9.98. The molecule has 1 aliphatic heterocycles. The number of anilines is 1. The standard InChI is InChI=1S/C31H29N3/c1-22-18-23(2)31(24(3)19-22)32-21-25-14-16-28(17-15-25)34-30(27-12-8-5-9-13-27)20-29(33-34)26-10-6-4-7-11-26/h4-19,21,30H,20H2,1-3H3. The van der Waals surface area contributed by atoms with Gasteiger partial charge in [0.2, 0.25) is 0 Å². The second-order valence-electron chi connectivity index (χ2n) is 8.98. The molecule has 4 aromatic carbocycles. The van der Waals surface area contributed by atoms with Crippen LogP contribution in [0.3, 0.4) is 0 Å². The summed E-state index contributed by atoms with van der Waals surface area (Å²) >= 11 is 0. The summed E-state index contributed by atoms with van der Waals surface area (Å²) < 4.78 is 0. The smallest absolute Gasteiger partial charge is 0.0831 e. The number of nitrogens with zero attached hydrogens (tertiary/aromatic N) is 3. The third kappa shape index (κ3) is 4.55. The fourth-order valence-electron chi connectivity index (χ4n) is 4.72. The summed E-state index contributed by atoms with van der Waals surface area (Å²) in [6.07, 6.45) is 2.83. The van der Waals surface area contributed by atoms with Crippen molar-refractivity contribution < 1.29 is 0 Å². The Hall–Kier alpha value is -3.98. The van der Waals surface area contributed by atoms with Crippen molar-refractivity contribution in [1.82, 2.24) is 0 Å². The molecular formula is C31H29N3. The van der Waals surface area contributed by atoms with Crippen LogP contribution in [0.15, 0.2) is 107 Å². The molecule has 0 spiro atoms. The first kappa shape index (κ1) is 21.8. The second-order valence-corrected chi connectivity index (χ2v) is 8.98. The minimum absolute atomic E-state index is 0.175. The Kier molecular flexibility index (Phi) is 6.09. The predicted octanol–water partition coefficient (Wildman–Crippen LogP) is 7.72. The van der Waals surface area contributed by atoms with E-state index in [4.69, 9.17) is 10.1 Å². The van der Waals surface area contributed by atoms with Crippen LogP contribution in [0.25, 0.3) is 0 Å². The molecule has 1 heterocycles. The predicted molar refractivity (Wildman–Crippen MR) is 144 cm³/mol. The lowest BCUT2D eigenvalue weighted by Gasteiger charge is -2.24. The molecule has 4 aromatic rings. The fraction of sp³-hybridized carbons (Fsp3) is 0.161. The number of hydrogen-bond donors (Lipinski definition) is 0. The summed E-state index contributed by atoms with van der Waals surface area (Å²) in [4.78, 5) is 4.79. The van der Waals surface area contributed by atoms with Gasteiger partial charge in [0.1, 0.15) is 0 Å². The van der Waals surface area contributed by atoms with Gasteiger partial charge in [-0.25, -0.2) is 0 Å². The van der Waals surface area contributed by atoms with Crippen molar-refractivity contribution >= 4 is 23.3 Å². The van der Waals surface area contributed by atoms with Crippen molar-refractivity contribution in [3.05, 3.63) is 130 Å². The molecule has 0 bridgehead atoms. The number of aliphatic imine (C=N–C) groups is 1. The first-order chi connectivity index (χ1) is 16.6. The van der Waals surface area contributed by atoms with E-state index in [0.717, 1.165) is 29.1 Å². The van der Waals surface area contributed by atoms with Crippen molar-refractivity contribution in [3.63, 3.8) is 0 Å². The highest BCUT2D eigenvalue weighted by Crippen LogP contribution is 2.36. The topological polar surface area (TPSA) is 28.0 Å². The van der Waals surface area contributed by atoms with E-state index in [-0.39, 0.29) is 6.04 Å². The molecule has 1 unspecified atom stereocenters. The van der Waals surface area contributed by atoms with Gasteiger partial charge in [-0.3, -0.25) is 10.0 Å². The maximum absolute atomic E-state index is 5.06. The van der Waals surface area contributed by atoms with E-state index in [1.807, 2.05) is 12.3 Å². The summed E-state index contributed by atoms with van der Waals surface area (Å²) in [5.74, 6) is 0. The molecule has 0 aliphatic carbocycles. The average molecular weight is 444 g/mol. The number of aryl methyl sites for hydroxylation is 3. The third-order valence-corrected chi connectivity index (χ3v) is 6.34. The van der Waals surface area contributed by atoms with Crippen LogP contribution in [-0.4, -0.2) is 11.9 Å². The summed E-state index contributed by atoms with van der Waals surface area (Å²) in [5.41, 5.74) is 10.5. The fourth-order valence-corrected chi connectivity index (χ4v) is 4.72. The van der Waals surface area contributed by atoms with Crippen LogP contribution >= 0.6 is 0 Å². The highest BCUT2D eigenvalue weighted by molar-refractivity contribution is 6.03. The van der Waals surface area contributed by atoms with Crippen LogP contribution in [0, 0.1) is 20.8 Å². The molecule has 0 radical (unpaired) electrons. The Balaban J connectivity index is 1.44. The minimum Gasteiger partial charge on any atom is -0.257 e. The second kappa shape index (κ2) is 9.48. The van der Waals surface area contributed by atoms with E-state index in [2.05, 4.69) is 117 Å². The highest BCUT2D eigenvalue weighted by atomic mass is 15.5. The molecule has 168 valence electrons. The van der Waals surface area contributed by atoms with Gasteiger partial charge in [0, 0.05) is 12.6 Å². The van der Waals surface area contributed by atoms with Gasteiger partial charge in [-0.2, -0.15) is 5.10 Å². The Bertz CT molecular complexity index is 1310. The normalized spacial score (nSPS) is 15.7. The zero-order valence-electron chi connectivity index (χ0n) is 19.9. The van der Waals surface area contributed by atoms with Gasteiger partial charge >= 0.3 is 0 Å². The SMILES string of the molecule is Cc1cc(C)c(N=Cc2ccc(N3N=C(c4ccccc4)CC3c3ccccc3)cc2)c(C)c1. The van der Waals surface area contributed by atoms with E-state index in [0.29, 0.717) is 0 Å². The summed E-state index contributed by atoms with van der Waals surface area (Å²) in [6.45, 7) is 6.36. The van der Waals surface area contributed by atoms with Gasteiger partial charge in [0.05, 0.1) is 23.1 Å². The molecule has 0 saturated carbocycles. The number of hydrogen-bond acceptors (Lipinski definition) is 3. The summed E-state index contributed by atoms with van der Waals surface area (Å²) in [7, 11) is 0. The summed E-state index contributed by atoms with van der Waals surface area (Å²) in [5, 5.41) is 7.22. The molecule has 0 amide bonds. The van der Waals surface area contributed by atoms with Crippen LogP contribution in [-0.2, 0) is 0 Å². The molecule has 1 atom stereocenters. The average Bonchev–Trinajstić information content (AvgIpc) is 3.30. The molecule has 34 heavy (non-hydrogen) atoms. The quantitative estimate of drug-likeness (QED) is 0.290. The molecule has 0 fully saturated rings. The Labute approximate surface area is 202 Å². The molecule has 0 aromatic heterocycles. The van der Waals surface area contributed by atoms with Gasteiger partial charge in [-0.15, -0.1) is 0 Å². The lowest BCUT2D eigenvalue weighted by Crippen LogP contribution is -2.18. The van der Waals surface area contributed by atoms with Gasteiger partial charge in [0.25, 0.3) is 0 Å². The number of rotatable bonds is 5. The molecule has 0 N–H and O–H groups in total. The first-order valence-electron chi connectivity index (χ1n) is 11.8. The van der Waals surface area contributed by atoms with Crippen molar-refractivity contribution in [2.24, 2.45) is 10.1 Å². The van der Waals surface area contributed by atoms with Gasteiger partial charge in [-0.1, -0.05) is 90.5 Å². The Morgan fingerprint density at radius 1 is 0.794 bits per heavy atom. The molecule has 1 aliphatic rings. The maximum atomic E-state index is 5.06. The van der Waals surface area contributed by atoms with Crippen molar-refractivity contribution in [2.75, 3.05) is 5.01 Å². The molecule has 3 nitrogen and oxygen atoms in total. The third-order valence-electron chi connectivity index (χ3n) is 6.34. The van der Waals surface area contributed by atoms with E-state index in [9.17, 15) is 0 Å². The molecule has 0 saturated heterocycles. The first-order valence-corrected chi connectivity index (χ1v) is 11.8. The van der Waals surface area contributed by atoms with E-state index in [1.54, 1.807) is 0 Å². The van der Waals surface area contributed by atoms with Gasteiger partial charge in [0.15, 0.2) is 0 Å². The highest BCUT2D eigenvalue weighted by Gasteiger charge is 2.29. The Morgan fingerprint density at radius 3 is 2.06 bits per heavy atom. The van der Waals surface area contributed by atoms with Crippen LogP contribution in [0.5, 0.6) is 0 Å². The van der Waals surface area contributed by atoms with Crippen molar-refractivity contribution in [3.8, 4) is 0 Å². The van der Waals surface area contributed by atoms with Crippen LogP contribution < -0.4 is 5.01 Å². The summed E-state index contributed by atoms with van der Waals surface area (Å²) in [6, 6.07) is 34.2. The molecule has 5 rings (SSSR count). The van der Waals surface area contributed by atoms with Gasteiger partial charge in [-0.05, 0) is 60.7 Å².